The summed E-state index contributed by atoms with van der Waals surface area (Å²) < 4.78 is 0. The predicted octanol–water partition coefficient (Wildman–Crippen LogP) is 2.16. The van der Waals surface area contributed by atoms with Crippen molar-refractivity contribution in [3.8, 4) is 0 Å². The largest absolute Gasteiger partial charge is 0.352 e. The van der Waals surface area contributed by atoms with Crippen LogP contribution in [0.1, 0.15) is 48.5 Å². The van der Waals surface area contributed by atoms with Gasteiger partial charge in [-0.2, -0.15) is 0 Å². The number of nitrogens with one attached hydrogen (secondary N) is 2. The molecule has 2 rings (SSSR count). The fourth-order valence-electron chi connectivity index (χ4n) is 2.75. The van der Waals surface area contributed by atoms with Crippen LogP contribution in [-0.2, 0) is 6.54 Å². The lowest BCUT2D eigenvalue weighted by atomic mass is 9.86. The Bertz CT molecular complexity index is 499. The molecule has 0 aliphatic heterocycles. The van der Waals surface area contributed by atoms with Crippen LogP contribution in [0.4, 0.5) is 4.79 Å². The minimum atomic E-state index is -0.553. The number of carbonyl (C=O) groups excluding carboxylic acids is 2. The first-order valence-corrected chi connectivity index (χ1v) is 7.49. The first-order chi connectivity index (χ1) is 10.1. The zero-order valence-electron chi connectivity index (χ0n) is 12.4. The third kappa shape index (κ3) is 4.48. The van der Waals surface area contributed by atoms with Crippen molar-refractivity contribution in [2.75, 3.05) is 0 Å². The SMILES string of the molecule is CC1CCCCC1NC(=O)c1ccc(CNC(N)=O)cc1. The molecule has 5 heteroatoms. The highest BCUT2D eigenvalue weighted by atomic mass is 16.2. The van der Waals surface area contributed by atoms with Crippen LogP contribution in [0.25, 0.3) is 0 Å². The molecule has 1 saturated carbocycles. The zero-order chi connectivity index (χ0) is 15.2. The molecule has 114 valence electrons. The minimum Gasteiger partial charge on any atom is -0.352 e. The summed E-state index contributed by atoms with van der Waals surface area (Å²) in [5.41, 5.74) is 6.58. The summed E-state index contributed by atoms with van der Waals surface area (Å²) in [5.74, 6) is 0.518. The minimum absolute atomic E-state index is 0.0249. The topological polar surface area (TPSA) is 84.2 Å². The van der Waals surface area contributed by atoms with Gasteiger partial charge in [0.1, 0.15) is 0 Å². The number of benzene rings is 1. The number of hydrogen-bond acceptors (Lipinski definition) is 2. The number of carbonyl (C=O) groups is 2. The molecule has 4 N–H and O–H groups in total. The smallest absolute Gasteiger partial charge is 0.312 e. The van der Waals surface area contributed by atoms with E-state index < -0.39 is 6.03 Å². The van der Waals surface area contributed by atoms with Crippen molar-refractivity contribution < 1.29 is 9.59 Å². The van der Waals surface area contributed by atoms with Crippen LogP contribution >= 0.6 is 0 Å². The molecule has 0 bridgehead atoms. The lowest BCUT2D eigenvalue weighted by Gasteiger charge is -2.29. The predicted molar refractivity (Wildman–Crippen MR) is 81.8 cm³/mol. The van der Waals surface area contributed by atoms with Gasteiger partial charge in [-0.25, -0.2) is 4.79 Å². The molecular weight excluding hydrogens is 266 g/mol. The van der Waals surface area contributed by atoms with Crippen molar-refractivity contribution in [2.45, 2.75) is 45.2 Å². The van der Waals surface area contributed by atoms with E-state index in [0.29, 0.717) is 18.0 Å². The van der Waals surface area contributed by atoms with Crippen molar-refractivity contribution in [2.24, 2.45) is 11.7 Å². The first kappa shape index (κ1) is 15.4. The molecule has 2 atom stereocenters. The van der Waals surface area contributed by atoms with Crippen molar-refractivity contribution in [1.29, 1.82) is 0 Å². The van der Waals surface area contributed by atoms with E-state index in [4.69, 9.17) is 5.73 Å². The van der Waals surface area contributed by atoms with Crippen LogP contribution in [0.3, 0.4) is 0 Å². The summed E-state index contributed by atoms with van der Waals surface area (Å²) in [4.78, 5) is 22.9. The molecule has 0 heterocycles. The summed E-state index contributed by atoms with van der Waals surface area (Å²) in [7, 11) is 0. The zero-order valence-corrected chi connectivity index (χ0v) is 12.4. The van der Waals surface area contributed by atoms with Crippen LogP contribution in [0, 0.1) is 5.92 Å². The van der Waals surface area contributed by atoms with Gasteiger partial charge in [0.25, 0.3) is 5.91 Å². The quantitative estimate of drug-likeness (QED) is 0.793. The van der Waals surface area contributed by atoms with Crippen molar-refractivity contribution in [1.82, 2.24) is 10.6 Å². The van der Waals surface area contributed by atoms with E-state index in [1.54, 1.807) is 12.1 Å². The molecule has 21 heavy (non-hydrogen) atoms. The maximum Gasteiger partial charge on any atom is 0.312 e. The summed E-state index contributed by atoms with van der Waals surface area (Å²) in [6.45, 7) is 2.57. The van der Waals surface area contributed by atoms with Crippen molar-refractivity contribution in [3.63, 3.8) is 0 Å². The average Bonchev–Trinajstić information content (AvgIpc) is 2.48. The molecule has 0 saturated heterocycles. The van der Waals surface area contributed by atoms with Crippen molar-refractivity contribution >= 4 is 11.9 Å². The molecule has 1 aliphatic carbocycles. The monoisotopic (exact) mass is 289 g/mol. The lowest BCUT2D eigenvalue weighted by molar-refractivity contribution is 0.0910. The van der Waals surface area contributed by atoms with Gasteiger partial charge in [0.05, 0.1) is 0 Å². The maximum absolute atomic E-state index is 12.2. The summed E-state index contributed by atoms with van der Waals surface area (Å²) >= 11 is 0. The highest BCUT2D eigenvalue weighted by Crippen LogP contribution is 2.24. The van der Waals surface area contributed by atoms with Crippen LogP contribution in [0.15, 0.2) is 24.3 Å². The van der Waals surface area contributed by atoms with E-state index >= 15 is 0 Å². The summed E-state index contributed by atoms with van der Waals surface area (Å²) in [6, 6.07) is 6.94. The van der Waals surface area contributed by atoms with Gasteiger partial charge in [0.2, 0.25) is 0 Å². The Morgan fingerprint density at radius 1 is 1.19 bits per heavy atom. The Morgan fingerprint density at radius 3 is 2.48 bits per heavy atom. The molecule has 0 spiro atoms. The Labute approximate surface area is 125 Å². The van der Waals surface area contributed by atoms with Gasteiger partial charge in [-0.15, -0.1) is 0 Å². The summed E-state index contributed by atoms with van der Waals surface area (Å²) in [6.07, 6.45) is 4.69. The average molecular weight is 289 g/mol. The molecule has 1 aromatic carbocycles. The molecule has 0 aromatic heterocycles. The highest BCUT2D eigenvalue weighted by molar-refractivity contribution is 5.94. The van der Waals surface area contributed by atoms with Crippen LogP contribution < -0.4 is 16.4 Å². The van der Waals surface area contributed by atoms with E-state index in [-0.39, 0.29) is 11.9 Å². The van der Waals surface area contributed by atoms with E-state index in [1.807, 2.05) is 12.1 Å². The number of rotatable bonds is 4. The molecule has 0 radical (unpaired) electrons. The Hall–Kier alpha value is -2.04. The molecule has 1 fully saturated rings. The number of urea groups is 1. The second kappa shape index (κ2) is 7.11. The number of primary amides is 1. The Balaban J connectivity index is 1.91. The van der Waals surface area contributed by atoms with E-state index in [2.05, 4.69) is 17.6 Å². The number of amides is 3. The second-order valence-electron chi connectivity index (χ2n) is 5.76. The van der Waals surface area contributed by atoms with Crippen molar-refractivity contribution in [3.05, 3.63) is 35.4 Å². The molecule has 2 unspecified atom stereocenters. The Kier molecular flexibility index (Phi) is 5.20. The van der Waals surface area contributed by atoms with Crippen LogP contribution in [-0.4, -0.2) is 18.0 Å². The molecule has 5 nitrogen and oxygen atoms in total. The van der Waals surface area contributed by atoms with Crippen LogP contribution in [0.2, 0.25) is 0 Å². The molecular formula is C16H23N3O2. The third-order valence-electron chi connectivity index (χ3n) is 4.11. The third-order valence-corrected chi connectivity index (χ3v) is 4.11. The van der Waals surface area contributed by atoms with Gasteiger partial charge in [0, 0.05) is 18.2 Å². The normalized spacial score (nSPS) is 21.6. The molecule has 3 amide bonds. The van der Waals surface area contributed by atoms with E-state index in [0.717, 1.165) is 12.0 Å². The fourth-order valence-corrected chi connectivity index (χ4v) is 2.75. The standard InChI is InChI=1S/C16H23N3O2/c1-11-4-2-3-5-14(11)19-15(20)13-8-6-12(7-9-13)10-18-16(17)21/h6-9,11,14H,2-5,10H2,1H3,(H,19,20)(H3,17,18,21). The Morgan fingerprint density at radius 2 is 1.86 bits per heavy atom. The molecule has 1 aliphatic rings. The van der Waals surface area contributed by atoms with Crippen LogP contribution in [0.5, 0.6) is 0 Å². The van der Waals surface area contributed by atoms with E-state index in [9.17, 15) is 9.59 Å². The van der Waals surface area contributed by atoms with Gasteiger partial charge >= 0.3 is 6.03 Å². The number of hydrogen-bond donors (Lipinski definition) is 3. The summed E-state index contributed by atoms with van der Waals surface area (Å²) in [5, 5.41) is 5.65. The lowest BCUT2D eigenvalue weighted by Crippen LogP contribution is -2.41. The van der Waals surface area contributed by atoms with E-state index in [1.165, 1.54) is 19.3 Å². The van der Waals surface area contributed by atoms with Gasteiger partial charge in [-0.3, -0.25) is 4.79 Å². The second-order valence-corrected chi connectivity index (χ2v) is 5.76. The van der Waals surface area contributed by atoms with Gasteiger partial charge in [0.15, 0.2) is 0 Å². The molecule has 1 aromatic rings. The van der Waals surface area contributed by atoms with Gasteiger partial charge in [-0.05, 0) is 36.5 Å². The highest BCUT2D eigenvalue weighted by Gasteiger charge is 2.23. The number of nitrogens with two attached hydrogens (primary N) is 1. The maximum atomic E-state index is 12.2. The fraction of sp³-hybridized carbons (Fsp3) is 0.500. The first-order valence-electron chi connectivity index (χ1n) is 7.49. The van der Waals surface area contributed by atoms with Gasteiger partial charge in [-0.1, -0.05) is 31.9 Å². The van der Waals surface area contributed by atoms with Gasteiger partial charge < -0.3 is 16.4 Å².